The van der Waals surface area contributed by atoms with Crippen LogP contribution in [0.2, 0.25) is 5.02 Å². The first kappa shape index (κ1) is 19.8. The lowest BCUT2D eigenvalue weighted by Gasteiger charge is -2.34. The van der Waals surface area contributed by atoms with Crippen LogP contribution in [-0.4, -0.2) is 26.9 Å². The first-order valence-electron chi connectivity index (χ1n) is 10.3. The molecule has 2 aromatic carbocycles. The van der Waals surface area contributed by atoms with Gasteiger partial charge in [-0.05, 0) is 43.5 Å². The Morgan fingerprint density at radius 3 is 2.74 bits per heavy atom. The molecule has 0 fully saturated rings. The number of hydrogen-bond donors (Lipinski definition) is 0. The summed E-state index contributed by atoms with van der Waals surface area (Å²) in [4.78, 5) is 4.19. The van der Waals surface area contributed by atoms with Crippen molar-refractivity contribution in [3.05, 3.63) is 71.0 Å². The summed E-state index contributed by atoms with van der Waals surface area (Å²) in [5.74, 6) is 3.76. The molecule has 3 heterocycles. The van der Waals surface area contributed by atoms with Crippen LogP contribution >= 0.6 is 11.6 Å². The molecule has 0 saturated carbocycles. The number of benzene rings is 2. The van der Waals surface area contributed by atoms with Crippen molar-refractivity contribution in [1.29, 1.82) is 0 Å². The Hall–Kier alpha value is -3.12. The topological polar surface area (TPSA) is 66.0 Å². The van der Waals surface area contributed by atoms with Crippen LogP contribution < -0.4 is 4.74 Å². The molecule has 0 saturated heterocycles. The summed E-state index contributed by atoms with van der Waals surface area (Å²) >= 11 is 6.57. The Morgan fingerprint density at radius 2 is 2.00 bits per heavy atom. The van der Waals surface area contributed by atoms with Crippen LogP contribution in [0.1, 0.15) is 37.0 Å². The van der Waals surface area contributed by atoms with Gasteiger partial charge in [-0.1, -0.05) is 35.9 Å². The zero-order chi connectivity index (χ0) is 21.6. The lowest BCUT2D eigenvalue weighted by Crippen LogP contribution is -2.33. The quantitative estimate of drug-likeness (QED) is 0.414. The van der Waals surface area contributed by atoms with Crippen LogP contribution in [0.4, 0.5) is 0 Å². The van der Waals surface area contributed by atoms with Gasteiger partial charge in [0, 0.05) is 24.1 Å². The SMILES string of the molecule is COc1cc(-c2nnc3n2CCCC3(C)c2ccccc2Cl)ccc1-c1cnc(C)o1. The van der Waals surface area contributed by atoms with E-state index in [2.05, 4.69) is 32.7 Å². The first-order valence-corrected chi connectivity index (χ1v) is 10.7. The second-order valence-electron chi connectivity index (χ2n) is 8.07. The molecule has 1 unspecified atom stereocenters. The zero-order valence-corrected chi connectivity index (χ0v) is 18.5. The fourth-order valence-electron chi connectivity index (χ4n) is 4.52. The molecule has 2 aromatic heterocycles. The maximum absolute atomic E-state index is 6.57. The zero-order valence-electron chi connectivity index (χ0n) is 17.7. The van der Waals surface area contributed by atoms with E-state index in [0.717, 1.165) is 52.7 Å². The number of nitrogens with zero attached hydrogens (tertiary/aromatic N) is 4. The predicted octanol–water partition coefficient (Wildman–Crippen LogP) is 5.67. The normalized spacial score (nSPS) is 18.1. The summed E-state index contributed by atoms with van der Waals surface area (Å²) in [5, 5.41) is 9.97. The van der Waals surface area contributed by atoms with Gasteiger partial charge in [0.05, 0.1) is 24.3 Å². The van der Waals surface area contributed by atoms with E-state index < -0.39 is 0 Å². The number of halogens is 1. The standard InChI is InChI=1S/C24H23ClN4O2/c1-15-26-14-21(31-15)17-10-9-16(13-20(17)30-3)22-27-28-23-24(2,11-6-12-29(22)23)18-7-4-5-8-19(18)25/h4-5,7-10,13-14H,6,11-12H2,1-3H3. The maximum atomic E-state index is 6.57. The number of aryl methyl sites for hydroxylation is 1. The third kappa shape index (κ3) is 3.22. The number of rotatable bonds is 4. The van der Waals surface area contributed by atoms with Gasteiger partial charge in [-0.15, -0.1) is 10.2 Å². The Balaban J connectivity index is 1.59. The van der Waals surface area contributed by atoms with Crippen molar-refractivity contribution in [2.24, 2.45) is 0 Å². The molecule has 0 aliphatic carbocycles. The molecule has 1 aliphatic rings. The van der Waals surface area contributed by atoms with Gasteiger partial charge < -0.3 is 13.7 Å². The van der Waals surface area contributed by atoms with Gasteiger partial charge in [-0.2, -0.15) is 0 Å². The van der Waals surface area contributed by atoms with Gasteiger partial charge in [-0.25, -0.2) is 4.98 Å². The monoisotopic (exact) mass is 434 g/mol. The molecule has 0 spiro atoms. The highest BCUT2D eigenvalue weighted by Crippen LogP contribution is 2.43. The van der Waals surface area contributed by atoms with Gasteiger partial charge in [0.25, 0.3) is 0 Å². The summed E-state index contributed by atoms with van der Waals surface area (Å²) < 4.78 is 13.5. The molecule has 1 aliphatic heterocycles. The molecule has 5 rings (SSSR count). The molecule has 0 amide bonds. The van der Waals surface area contributed by atoms with Crippen molar-refractivity contribution >= 4 is 11.6 Å². The minimum absolute atomic E-state index is 0.288. The van der Waals surface area contributed by atoms with Crippen molar-refractivity contribution in [3.63, 3.8) is 0 Å². The molecular formula is C24H23ClN4O2. The van der Waals surface area contributed by atoms with Crippen LogP contribution in [0, 0.1) is 6.92 Å². The Labute approximate surface area is 185 Å². The van der Waals surface area contributed by atoms with Gasteiger partial charge >= 0.3 is 0 Å². The van der Waals surface area contributed by atoms with Gasteiger partial charge in [-0.3, -0.25) is 0 Å². The van der Waals surface area contributed by atoms with Crippen molar-refractivity contribution in [2.45, 2.75) is 38.6 Å². The summed E-state index contributed by atoms with van der Waals surface area (Å²) in [7, 11) is 1.65. The van der Waals surface area contributed by atoms with E-state index in [4.69, 9.17) is 20.8 Å². The van der Waals surface area contributed by atoms with E-state index in [-0.39, 0.29) is 5.41 Å². The predicted molar refractivity (Wildman–Crippen MR) is 119 cm³/mol. The average molecular weight is 435 g/mol. The highest BCUT2D eigenvalue weighted by molar-refractivity contribution is 6.31. The van der Waals surface area contributed by atoms with Crippen LogP contribution in [0.5, 0.6) is 5.75 Å². The van der Waals surface area contributed by atoms with E-state index >= 15 is 0 Å². The molecule has 0 N–H and O–H groups in total. The van der Waals surface area contributed by atoms with Crippen LogP contribution in [-0.2, 0) is 12.0 Å². The van der Waals surface area contributed by atoms with Crippen molar-refractivity contribution in [3.8, 4) is 28.5 Å². The summed E-state index contributed by atoms with van der Waals surface area (Å²) in [6.07, 6.45) is 3.70. The molecule has 0 radical (unpaired) electrons. The molecule has 4 aromatic rings. The van der Waals surface area contributed by atoms with Gasteiger partial charge in [0.2, 0.25) is 0 Å². The van der Waals surface area contributed by atoms with E-state index in [1.165, 1.54) is 0 Å². The third-order valence-electron chi connectivity index (χ3n) is 6.12. The number of oxazole rings is 1. The number of fused-ring (bicyclic) bond motifs is 1. The van der Waals surface area contributed by atoms with E-state index in [0.29, 0.717) is 17.4 Å². The van der Waals surface area contributed by atoms with Gasteiger partial charge in [0.15, 0.2) is 17.5 Å². The summed E-state index contributed by atoms with van der Waals surface area (Å²) in [6, 6.07) is 14.0. The van der Waals surface area contributed by atoms with E-state index in [1.54, 1.807) is 13.3 Å². The third-order valence-corrected chi connectivity index (χ3v) is 6.45. The van der Waals surface area contributed by atoms with Crippen LogP contribution in [0.25, 0.3) is 22.7 Å². The number of hydrogen-bond acceptors (Lipinski definition) is 5. The van der Waals surface area contributed by atoms with Gasteiger partial charge in [0.1, 0.15) is 11.6 Å². The fraction of sp³-hybridized carbons (Fsp3) is 0.292. The molecule has 1 atom stereocenters. The van der Waals surface area contributed by atoms with E-state index in [1.807, 2.05) is 43.3 Å². The largest absolute Gasteiger partial charge is 0.496 e. The van der Waals surface area contributed by atoms with Crippen molar-refractivity contribution in [2.75, 3.05) is 7.11 Å². The molecule has 6 nitrogen and oxygen atoms in total. The molecule has 7 heteroatoms. The highest BCUT2D eigenvalue weighted by Gasteiger charge is 2.39. The number of ether oxygens (including phenoxy) is 1. The minimum atomic E-state index is -0.288. The fourth-order valence-corrected chi connectivity index (χ4v) is 4.87. The lowest BCUT2D eigenvalue weighted by molar-refractivity contribution is 0.378. The van der Waals surface area contributed by atoms with Crippen LogP contribution in [0.3, 0.4) is 0 Å². The average Bonchev–Trinajstić information content (AvgIpc) is 3.41. The number of methoxy groups -OCH3 is 1. The molecule has 0 bridgehead atoms. The lowest BCUT2D eigenvalue weighted by atomic mass is 9.76. The molecule has 158 valence electrons. The minimum Gasteiger partial charge on any atom is -0.496 e. The van der Waals surface area contributed by atoms with Crippen LogP contribution in [0.15, 0.2) is 53.1 Å². The molecule has 31 heavy (non-hydrogen) atoms. The number of aromatic nitrogens is 4. The van der Waals surface area contributed by atoms with Crippen molar-refractivity contribution < 1.29 is 9.15 Å². The molecular weight excluding hydrogens is 412 g/mol. The highest BCUT2D eigenvalue weighted by atomic mass is 35.5. The smallest absolute Gasteiger partial charge is 0.191 e. The maximum Gasteiger partial charge on any atom is 0.191 e. The Bertz CT molecular complexity index is 1260. The second kappa shape index (κ2) is 7.54. The Kier molecular flexibility index (Phi) is 4.82. The summed E-state index contributed by atoms with van der Waals surface area (Å²) in [5.41, 5.74) is 2.60. The first-order chi connectivity index (χ1) is 15.0. The summed E-state index contributed by atoms with van der Waals surface area (Å²) in [6.45, 7) is 4.89. The van der Waals surface area contributed by atoms with Crippen molar-refractivity contribution in [1.82, 2.24) is 19.7 Å². The Morgan fingerprint density at radius 1 is 1.16 bits per heavy atom. The second-order valence-corrected chi connectivity index (χ2v) is 8.48. The van der Waals surface area contributed by atoms with E-state index in [9.17, 15) is 0 Å².